The van der Waals surface area contributed by atoms with Gasteiger partial charge in [0.2, 0.25) is 0 Å². The van der Waals surface area contributed by atoms with Crippen LogP contribution in [0, 0.1) is 5.41 Å². The maximum atomic E-state index is 13.0. The van der Waals surface area contributed by atoms with Crippen molar-refractivity contribution in [3.63, 3.8) is 0 Å². The molecule has 0 aliphatic rings. The van der Waals surface area contributed by atoms with E-state index in [4.69, 9.17) is 9.47 Å². The summed E-state index contributed by atoms with van der Waals surface area (Å²) in [5.74, 6) is -0.790. The van der Waals surface area contributed by atoms with Crippen LogP contribution in [0.25, 0.3) is 0 Å². The molecule has 26 heavy (non-hydrogen) atoms. The van der Waals surface area contributed by atoms with Crippen LogP contribution in [0.15, 0.2) is 30.3 Å². The van der Waals surface area contributed by atoms with Crippen molar-refractivity contribution in [3.8, 4) is 0 Å². The number of halogens is 3. The molecule has 1 rings (SSSR count). The number of amides is 1. The van der Waals surface area contributed by atoms with Crippen LogP contribution in [0.5, 0.6) is 0 Å². The summed E-state index contributed by atoms with van der Waals surface area (Å²) < 4.78 is 48.8. The molecule has 0 aliphatic carbocycles. The van der Waals surface area contributed by atoms with Gasteiger partial charge >= 0.3 is 18.2 Å². The molecule has 1 aromatic rings. The number of hydrogen-bond acceptors (Lipinski definition) is 4. The first-order chi connectivity index (χ1) is 12.1. The Morgan fingerprint density at radius 1 is 1.12 bits per heavy atom. The zero-order valence-electron chi connectivity index (χ0n) is 15.1. The minimum atomic E-state index is -4.42. The molecule has 8 heteroatoms. The smallest absolute Gasteiger partial charge is 0.408 e. The van der Waals surface area contributed by atoms with Crippen LogP contribution in [0.1, 0.15) is 39.2 Å². The number of carbonyl (C=O) groups is 2. The molecular weight excluding hydrogens is 351 g/mol. The van der Waals surface area contributed by atoms with Gasteiger partial charge in [-0.25, -0.2) is 9.59 Å². The molecule has 146 valence electrons. The van der Waals surface area contributed by atoms with Crippen LogP contribution in [0.4, 0.5) is 18.0 Å². The fourth-order valence-corrected chi connectivity index (χ4v) is 2.05. The number of esters is 1. The van der Waals surface area contributed by atoms with Crippen LogP contribution in [0.3, 0.4) is 0 Å². The van der Waals surface area contributed by atoms with Gasteiger partial charge in [-0.3, -0.25) is 0 Å². The molecule has 0 fully saturated rings. The average molecular weight is 375 g/mol. The number of carbonyl (C=O) groups excluding carboxylic acids is 2. The quantitative estimate of drug-likeness (QED) is 0.691. The number of hydrogen-bond donors (Lipinski definition) is 1. The van der Waals surface area contributed by atoms with Gasteiger partial charge in [0.15, 0.2) is 0 Å². The van der Waals surface area contributed by atoms with Crippen LogP contribution < -0.4 is 5.32 Å². The number of alkyl halides is 3. The largest absolute Gasteiger partial charge is 0.464 e. The van der Waals surface area contributed by atoms with Gasteiger partial charge in [0, 0.05) is 0 Å². The Morgan fingerprint density at radius 2 is 1.73 bits per heavy atom. The standard InChI is InChI=1S/C18H24F3NO4/c1-4-25-15(23)14(10-11-17(2,3)18(19,20)21)22-16(24)26-12-13-8-6-5-7-9-13/h5-9,14H,4,10-12H2,1-3H3,(H,22,24)/t14-/m0/s1. The Labute approximate surface area is 150 Å². The Kier molecular flexibility index (Phi) is 7.92. The number of alkyl carbamates (subject to hydrolysis) is 1. The highest BCUT2D eigenvalue weighted by Crippen LogP contribution is 2.41. The predicted molar refractivity (Wildman–Crippen MR) is 89.3 cm³/mol. The van der Waals surface area contributed by atoms with E-state index in [1.807, 2.05) is 6.07 Å². The summed E-state index contributed by atoms with van der Waals surface area (Å²) in [5, 5.41) is 2.29. The van der Waals surface area contributed by atoms with E-state index in [-0.39, 0.29) is 26.1 Å². The van der Waals surface area contributed by atoms with Gasteiger partial charge in [-0.2, -0.15) is 13.2 Å². The summed E-state index contributed by atoms with van der Waals surface area (Å²) >= 11 is 0. The van der Waals surface area contributed by atoms with Crippen molar-refractivity contribution in [2.45, 2.75) is 52.4 Å². The zero-order valence-corrected chi connectivity index (χ0v) is 15.1. The molecule has 0 aromatic heterocycles. The van der Waals surface area contributed by atoms with E-state index < -0.39 is 29.7 Å². The van der Waals surface area contributed by atoms with E-state index in [1.165, 1.54) is 0 Å². The van der Waals surface area contributed by atoms with Crippen molar-refractivity contribution >= 4 is 12.1 Å². The molecular formula is C18H24F3NO4. The Bertz CT molecular complexity index is 588. The lowest BCUT2D eigenvalue weighted by Crippen LogP contribution is -2.43. The molecule has 0 radical (unpaired) electrons. The Hall–Kier alpha value is -2.25. The summed E-state index contributed by atoms with van der Waals surface area (Å²) in [7, 11) is 0. The molecule has 0 unspecified atom stereocenters. The van der Waals surface area contributed by atoms with Gasteiger partial charge in [-0.05, 0) is 25.3 Å². The molecule has 5 nitrogen and oxygen atoms in total. The highest BCUT2D eigenvalue weighted by atomic mass is 19.4. The van der Waals surface area contributed by atoms with Gasteiger partial charge in [0.1, 0.15) is 12.6 Å². The van der Waals surface area contributed by atoms with Crippen LogP contribution in [0.2, 0.25) is 0 Å². The normalized spacial score (nSPS) is 13.0. The summed E-state index contributed by atoms with van der Waals surface area (Å²) in [4.78, 5) is 23.8. The monoisotopic (exact) mass is 375 g/mol. The van der Waals surface area contributed by atoms with Crippen LogP contribution >= 0.6 is 0 Å². The average Bonchev–Trinajstić information content (AvgIpc) is 2.56. The van der Waals surface area contributed by atoms with E-state index in [1.54, 1.807) is 31.2 Å². The first-order valence-electron chi connectivity index (χ1n) is 8.27. The van der Waals surface area contributed by atoms with Gasteiger partial charge in [-0.15, -0.1) is 0 Å². The highest BCUT2D eigenvalue weighted by molar-refractivity contribution is 5.81. The third-order valence-electron chi connectivity index (χ3n) is 3.90. The van der Waals surface area contributed by atoms with Gasteiger partial charge in [0.25, 0.3) is 0 Å². The van der Waals surface area contributed by atoms with E-state index >= 15 is 0 Å². The van der Waals surface area contributed by atoms with E-state index in [0.29, 0.717) is 0 Å². The Morgan fingerprint density at radius 3 is 2.27 bits per heavy atom. The third-order valence-corrected chi connectivity index (χ3v) is 3.90. The van der Waals surface area contributed by atoms with Gasteiger partial charge in [0.05, 0.1) is 12.0 Å². The van der Waals surface area contributed by atoms with Crippen LogP contribution in [-0.4, -0.2) is 30.9 Å². The first-order valence-corrected chi connectivity index (χ1v) is 8.27. The maximum Gasteiger partial charge on any atom is 0.408 e. The topological polar surface area (TPSA) is 64.6 Å². The molecule has 0 saturated carbocycles. The number of ether oxygens (including phenoxy) is 2. The van der Waals surface area contributed by atoms with Crippen molar-refractivity contribution in [3.05, 3.63) is 35.9 Å². The molecule has 1 aromatic carbocycles. The van der Waals surface area contributed by atoms with Crippen LogP contribution in [-0.2, 0) is 20.9 Å². The second-order valence-corrected chi connectivity index (χ2v) is 6.43. The minimum Gasteiger partial charge on any atom is -0.464 e. The van der Waals surface area contributed by atoms with E-state index in [2.05, 4.69) is 5.32 Å². The molecule has 1 amide bonds. The van der Waals surface area contributed by atoms with Crippen molar-refractivity contribution in [1.29, 1.82) is 0 Å². The summed E-state index contributed by atoms with van der Waals surface area (Å²) in [6.07, 6.45) is -5.87. The fourth-order valence-electron chi connectivity index (χ4n) is 2.05. The second kappa shape index (κ2) is 9.45. The first kappa shape index (κ1) is 21.8. The SMILES string of the molecule is CCOC(=O)[C@H](CCC(C)(C)C(F)(F)F)NC(=O)OCc1ccccc1. The number of benzene rings is 1. The van der Waals surface area contributed by atoms with Crippen molar-refractivity contribution in [1.82, 2.24) is 5.32 Å². The maximum absolute atomic E-state index is 13.0. The summed E-state index contributed by atoms with van der Waals surface area (Å²) in [6.45, 7) is 3.70. The molecule has 0 aliphatic heterocycles. The Balaban J connectivity index is 2.65. The lowest BCUT2D eigenvalue weighted by atomic mass is 9.85. The molecule has 0 saturated heterocycles. The predicted octanol–water partition coefficient (Wildman–Crippen LogP) is 4.21. The minimum absolute atomic E-state index is 0.0176. The van der Waals surface area contributed by atoms with Crippen molar-refractivity contribution in [2.24, 2.45) is 5.41 Å². The molecule has 0 bridgehead atoms. The van der Waals surface area contributed by atoms with E-state index in [9.17, 15) is 22.8 Å². The molecule has 0 heterocycles. The number of rotatable bonds is 8. The summed E-state index contributed by atoms with van der Waals surface area (Å²) in [5.41, 5.74) is -1.25. The lowest BCUT2D eigenvalue weighted by molar-refractivity contribution is -0.214. The van der Waals surface area contributed by atoms with Gasteiger partial charge in [-0.1, -0.05) is 44.2 Å². The second-order valence-electron chi connectivity index (χ2n) is 6.43. The third kappa shape index (κ3) is 6.93. The molecule has 1 atom stereocenters. The van der Waals surface area contributed by atoms with Crippen molar-refractivity contribution in [2.75, 3.05) is 6.61 Å². The fraction of sp³-hybridized carbons (Fsp3) is 0.556. The zero-order chi connectivity index (χ0) is 19.8. The molecule has 1 N–H and O–H groups in total. The summed E-state index contributed by atoms with van der Waals surface area (Å²) in [6, 6.07) is 7.65. The van der Waals surface area contributed by atoms with Crippen molar-refractivity contribution < 1.29 is 32.2 Å². The lowest BCUT2D eigenvalue weighted by Gasteiger charge is -2.29. The highest BCUT2D eigenvalue weighted by Gasteiger charge is 2.47. The number of nitrogens with one attached hydrogen (secondary N) is 1. The molecule has 0 spiro atoms. The van der Waals surface area contributed by atoms with Gasteiger partial charge < -0.3 is 14.8 Å². The van der Waals surface area contributed by atoms with E-state index in [0.717, 1.165) is 19.4 Å².